The monoisotopic (exact) mass is 390 g/mol. The summed E-state index contributed by atoms with van der Waals surface area (Å²) in [5.41, 5.74) is 8.73. The third-order valence-electron chi connectivity index (χ3n) is 4.43. The van der Waals surface area contributed by atoms with Gasteiger partial charge in [-0.2, -0.15) is 0 Å². The normalized spacial score (nSPS) is 12.2. The van der Waals surface area contributed by atoms with Crippen LogP contribution in [0.4, 0.5) is 5.82 Å². The highest BCUT2D eigenvalue weighted by molar-refractivity contribution is 7.90. The van der Waals surface area contributed by atoms with Gasteiger partial charge in [0.2, 0.25) is 0 Å². The lowest BCUT2D eigenvalue weighted by atomic mass is 10.2. The summed E-state index contributed by atoms with van der Waals surface area (Å²) in [6.45, 7) is 3.67. The Morgan fingerprint density at radius 1 is 1.19 bits per heavy atom. The van der Waals surface area contributed by atoms with Gasteiger partial charge in [0.15, 0.2) is 5.82 Å². The number of sulfone groups is 1. The lowest BCUT2D eigenvalue weighted by Crippen LogP contribution is -2.12. The van der Waals surface area contributed by atoms with Crippen LogP contribution in [0.3, 0.4) is 0 Å². The van der Waals surface area contributed by atoms with Crippen molar-refractivity contribution in [2.45, 2.75) is 32.7 Å². The number of rotatable bonds is 9. The first-order valence-corrected chi connectivity index (χ1v) is 11.3. The zero-order chi connectivity index (χ0) is 19.4. The van der Waals surface area contributed by atoms with E-state index in [1.54, 1.807) is 0 Å². The molecule has 2 aromatic heterocycles. The number of benzene rings is 1. The Bertz CT molecular complexity index is 1040. The zero-order valence-electron chi connectivity index (χ0n) is 15.8. The van der Waals surface area contributed by atoms with Crippen molar-refractivity contribution in [2.75, 3.05) is 31.0 Å². The van der Waals surface area contributed by atoms with E-state index in [4.69, 9.17) is 15.5 Å². The van der Waals surface area contributed by atoms with E-state index in [1.807, 2.05) is 24.3 Å². The Morgan fingerprint density at radius 3 is 2.70 bits per heavy atom. The van der Waals surface area contributed by atoms with Crippen LogP contribution in [0.2, 0.25) is 0 Å². The maximum absolute atomic E-state index is 11.2. The summed E-state index contributed by atoms with van der Waals surface area (Å²) >= 11 is 0. The number of nitrogen functional groups attached to an aromatic ring is 1. The number of hydrogen-bond acceptors (Lipinski definition) is 6. The van der Waals surface area contributed by atoms with Crippen LogP contribution in [-0.2, 0) is 27.5 Å². The number of hydrogen-bond donors (Lipinski definition) is 1. The minimum atomic E-state index is -2.94. The van der Waals surface area contributed by atoms with Crippen LogP contribution in [-0.4, -0.2) is 48.2 Å². The fraction of sp³-hybridized carbons (Fsp3) is 0.474. The summed E-state index contributed by atoms with van der Waals surface area (Å²) in [6.07, 6.45) is 3.57. The van der Waals surface area contributed by atoms with E-state index < -0.39 is 9.84 Å². The third kappa shape index (κ3) is 4.56. The Kier molecular flexibility index (Phi) is 5.96. The van der Waals surface area contributed by atoms with Gasteiger partial charge in [0.05, 0.1) is 23.4 Å². The first kappa shape index (κ1) is 19.6. The number of aromatic nitrogens is 3. The smallest absolute Gasteiger partial charge is 0.152 e. The number of imidazole rings is 1. The molecule has 7 nitrogen and oxygen atoms in total. The molecule has 0 radical (unpaired) electrons. The maximum Gasteiger partial charge on any atom is 0.152 e. The third-order valence-corrected chi connectivity index (χ3v) is 5.46. The number of nitrogens with zero attached hydrogens (tertiary/aromatic N) is 3. The van der Waals surface area contributed by atoms with Crippen LogP contribution in [0, 0.1) is 0 Å². The predicted molar refractivity (Wildman–Crippen MR) is 109 cm³/mol. The molecule has 3 rings (SSSR count). The molecule has 1 aromatic carbocycles. The molecule has 0 aliphatic heterocycles. The van der Waals surface area contributed by atoms with Gasteiger partial charge < -0.3 is 15.0 Å². The van der Waals surface area contributed by atoms with Crippen molar-refractivity contribution in [3.05, 3.63) is 30.1 Å². The van der Waals surface area contributed by atoms with Crippen molar-refractivity contribution in [3.8, 4) is 0 Å². The van der Waals surface area contributed by atoms with Gasteiger partial charge in [0.25, 0.3) is 0 Å². The van der Waals surface area contributed by atoms with Gasteiger partial charge >= 0.3 is 0 Å². The summed E-state index contributed by atoms with van der Waals surface area (Å²) in [6, 6.07) is 7.91. The molecule has 0 unspecified atom stereocenters. The fourth-order valence-electron chi connectivity index (χ4n) is 3.24. The predicted octanol–water partition coefficient (Wildman–Crippen LogP) is 2.57. The Labute approximate surface area is 159 Å². The number of para-hydroxylation sites is 1. The lowest BCUT2D eigenvalue weighted by Gasteiger charge is -2.11. The molecule has 0 aliphatic rings. The molecule has 0 spiro atoms. The Hall–Kier alpha value is -2.19. The van der Waals surface area contributed by atoms with Gasteiger partial charge in [-0.3, -0.25) is 0 Å². The highest BCUT2D eigenvalue weighted by Gasteiger charge is 2.16. The van der Waals surface area contributed by atoms with Crippen LogP contribution in [0.15, 0.2) is 24.3 Å². The molecule has 3 aromatic rings. The summed E-state index contributed by atoms with van der Waals surface area (Å²) in [4.78, 5) is 9.22. The van der Waals surface area contributed by atoms with Gasteiger partial charge in [0.1, 0.15) is 21.2 Å². The van der Waals surface area contributed by atoms with Gasteiger partial charge in [-0.05, 0) is 18.9 Å². The molecule has 146 valence electrons. The molecule has 0 amide bonds. The molecule has 27 heavy (non-hydrogen) atoms. The van der Waals surface area contributed by atoms with Crippen molar-refractivity contribution in [2.24, 2.45) is 0 Å². The highest BCUT2D eigenvalue weighted by atomic mass is 32.2. The SMILES string of the molecule is CCCc1nc2c(N)nc3ccccc3c2n1CCOCCCS(C)(=O)=O. The van der Waals surface area contributed by atoms with Crippen LogP contribution in [0.25, 0.3) is 21.9 Å². The summed E-state index contributed by atoms with van der Waals surface area (Å²) in [5.74, 6) is 1.56. The zero-order valence-corrected chi connectivity index (χ0v) is 16.6. The first-order chi connectivity index (χ1) is 12.9. The molecular weight excluding hydrogens is 364 g/mol. The number of nitrogens with two attached hydrogens (primary N) is 1. The van der Waals surface area contributed by atoms with Crippen molar-refractivity contribution in [1.29, 1.82) is 0 Å². The van der Waals surface area contributed by atoms with Crippen molar-refractivity contribution >= 4 is 37.6 Å². The highest BCUT2D eigenvalue weighted by Crippen LogP contribution is 2.29. The molecule has 0 atom stereocenters. The van der Waals surface area contributed by atoms with E-state index in [0.29, 0.717) is 32.0 Å². The van der Waals surface area contributed by atoms with E-state index in [9.17, 15) is 8.42 Å². The second kappa shape index (κ2) is 8.22. The number of pyridine rings is 1. The molecule has 8 heteroatoms. The van der Waals surface area contributed by atoms with E-state index in [-0.39, 0.29) is 5.75 Å². The minimum absolute atomic E-state index is 0.148. The molecule has 0 fully saturated rings. The molecule has 0 saturated heterocycles. The van der Waals surface area contributed by atoms with Crippen molar-refractivity contribution in [1.82, 2.24) is 14.5 Å². The summed E-state index contributed by atoms with van der Waals surface area (Å²) < 4.78 is 30.2. The van der Waals surface area contributed by atoms with E-state index >= 15 is 0 Å². The largest absolute Gasteiger partial charge is 0.382 e. The average molecular weight is 391 g/mol. The molecule has 0 bridgehead atoms. The van der Waals surface area contributed by atoms with Crippen molar-refractivity contribution in [3.63, 3.8) is 0 Å². The van der Waals surface area contributed by atoms with Gasteiger partial charge in [-0.15, -0.1) is 0 Å². The summed E-state index contributed by atoms with van der Waals surface area (Å²) in [7, 11) is -2.94. The van der Waals surface area contributed by atoms with Crippen LogP contribution < -0.4 is 5.73 Å². The van der Waals surface area contributed by atoms with Crippen LogP contribution in [0.5, 0.6) is 0 Å². The Morgan fingerprint density at radius 2 is 1.96 bits per heavy atom. The quantitative estimate of drug-likeness (QED) is 0.564. The standard InChI is InChI=1S/C19H26N4O3S/c1-3-7-16-22-17-18(14-8-4-5-9-15(14)21-19(17)20)23(16)10-12-26-11-6-13-27(2,24)25/h4-5,8-9H,3,6-7,10-13H2,1-2H3,(H2,20,21). The number of ether oxygens (including phenoxy) is 1. The molecule has 0 aliphatic carbocycles. The summed E-state index contributed by atoms with van der Waals surface area (Å²) in [5, 5.41) is 1.02. The van der Waals surface area contributed by atoms with E-state index in [2.05, 4.69) is 16.5 Å². The topological polar surface area (TPSA) is 100 Å². The van der Waals surface area contributed by atoms with Gasteiger partial charge in [0, 0.05) is 31.2 Å². The van der Waals surface area contributed by atoms with E-state index in [0.717, 1.165) is 40.6 Å². The van der Waals surface area contributed by atoms with E-state index in [1.165, 1.54) is 6.26 Å². The minimum Gasteiger partial charge on any atom is -0.382 e. The molecule has 2 heterocycles. The van der Waals surface area contributed by atoms with Gasteiger partial charge in [-0.1, -0.05) is 25.1 Å². The first-order valence-electron chi connectivity index (χ1n) is 9.19. The second-order valence-corrected chi connectivity index (χ2v) is 9.00. The average Bonchev–Trinajstić information content (AvgIpc) is 2.97. The molecule has 2 N–H and O–H groups in total. The maximum atomic E-state index is 11.2. The number of aryl methyl sites for hydroxylation is 1. The molecular formula is C19H26N4O3S. The molecule has 0 saturated carbocycles. The van der Waals surface area contributed by atoms with Crippen molar-refractivity contribution < 1.29 is 13.2 Å². The number of fused-ring (bicyclic) bond motifs is 3. The Balaban J connectivity index is 1.85. The number of anilines is 1. The lowest BCUT2D eigenvalue weighted by molar-refractivity contribution is 0.127. The fourth-order valence-corrected chi connectivity index (χ4v) is 3.88. The van der Waals surface area contributed by atoms with Crippen LogP contribution >= 0.6 is 0 Å². The van der Waals surface area contributed by atoms with Gasteiger partial charge in [-0.25, -0.2) is 18.4 Å². The van der Waals surface area contributed by atoms with Crippen LogP contribution in [0.1, 0.15) is 25.6 Å². The second-order valence-electron chi connectivity index (χ2n) is 6.74.